The summed E-state index contributed by atoms with van der Waals surface area (Å²) in [6.45, 7) is 7.85. The van der Waals surface area contributed by atoms with Crippen molar-refractivity contribution in [2.75, 3.05) is 18.2 Å². The van der Waals surface area contributed by atoms with Crippen LogP contribution in [0.1, 0.15) is 47.5 Å². The average molecular weight is 575 g/mol. The monoisotopic (exact) mass is 574 g/mol. The van der Waals surface area contributed by atoms with Crippen LogP contribution in [0.25, 0.3) is 0 Å². The maximum atomic E-state index is 12.8. The molecule has 0 saturated carbocycles. The number of amides is 7. The second kappa shape index (κ2) is 18.0. The number of rotatable bonds is 18. The van der Waals surface area contributed by atoms with Gasteiger partial charge < -0.3 is 43.8 Å². The number of nitrogens with two attached hydrogens (primary N) is 3. The number of hydrogen-bond acceptors (Lipinski definition) is 9. The zero-order chi connectivity index (χ0) is 30.3. The van der Waals surface area contributed by atoms with E-state index >= 15 is 0 Å². The van der Waals surface area contributed by atoms with E-state index in [4.69, 9.17) is 17.2 Å². The smallest absolute Gasteiger partial charge is 0.243 e. The van der Waals surface area contributed by atoms with Gasteiger partial charge in [-0.05, 0) is 18.3 Å². The van der Waals surface area contributed by atoms with Gasteiger partial charge in [0.15, 0.2) is 0 Å². The number of carbonyl (C=O) groups is 7. The van der Waals surface area contributed by atoms with Crippen LogP contribution in [-0.2, 0) is 33.6 Å². The number of carbonyl (C=O) groups excluding carboxylic acids is 7. The van der Waals surface area contributed by atoms with Crippen molar-refractivity contribution in [2.45, 2.75) is 71.6 Å². The first-order chi connectivity index (χ1) is 18.0. The Morgan fingerprint density at radius 2 is 1.38 bits per heavy atom. The SMILES string of the molecule is CC(=O)NCSCC(NC(=O)C(NC(=O)CNC(=O)C(CC(C)C)NC(=O)C(N)CC(N)=O)C(C)C)C(N)=O. The number of thioether (sulfide) groups is 1. The summed E-state index contributed by atoms with van der Waals surface area (Å²) in [6, 6.07) is -4.35. The third-order valence-corrected chi connectivity index (χ3v) is 6.07. The molecule has 11 N–H and O–H groups in total. The molecule has 0 rings (SSSR count). The number of hydrogen-bond donors (Lipinski definition) is 8. The van der Waals surface area contributed by atoms with Crippen LogP contribution in [0.4, 0.5) is 0 Å². The standard InChI is InChI=1S/C23H42N8O7S/c1-11(2)6-15(29-21(36)14(24)7-17(25)33)22(37)27-8-18(34)31-19(12(3)4)23(38)30-16(20(26)35)9-39-10-28-13(5)32/h11-12,14-16,19H,6-10,24H2,1-5H3,(H2,25,33)(H2,26,35)(H,27,37)(H,28,32)(H,29,36)(H,30,38)(H,31,34). The van der Waals surface area contributed by atoms with Crippen LogP contribution < -0.4 is 43.8 Å². The molecular formula is C23H42N8O7S. The van der Waals surface area contributed by atoms with Crippen molar-refractivity contribution in [2.24, 2.45) is 29.0 Å². The van der Waals surface area contributed by atoms with Crippen LogP contribution >= 0.6 is 11.8 Å². The molecule has 0 aromatic heterocycles. The highest BCUT2D eigenvalue weighted by atomic mass is 32.2. The van der Waals surface area contributed by atoms with Crippen LogP contribution in [0.3, 0.4) is 0 Å². The molecule has 15 nitrogen and oxygen atoms in total. The van der Waals surface area contributed by atoms with Gasteiger partial charge in [0, 0.05) is 12.7 Å². The Hall–Kier alpha value is -3.40. The van der Waals surface area contributed by atoms with Gasteiger partial charge in [0.2, 0.25) is 41.4 Å². The van der Waals surface area contributed by atoms with E-state index in [1.165, 1.54) is 18.7 Å². The highest BCUT2D eigenvalue weighted by molar-refractivity contribution is 7.99. The first kappa shape index (κ1) is 35.6. The number of primary amides is 2. The Kier molecular flexibility index (Phi) is 16.4. The lowest BCUT2D eigenvalue weighted by molar-refractivity contribution is -0.133. The molecule has 0 spiro atoms. The molecule has 0 aromatic rings. The van der Waals surface area contributed by atoms with Crippen molar-refractivity contribution in [3.8, 4) is 0 Å². The molecule has 222 valence electrons. The highest BCUT2D eigenvalue weighted by Crippen LogP contribution is 2.07. The fraction of sp³-hybridized carbons (Fsp3) is 0.696. The molecule has 0 bridgehead atoms. The van der Waals surface area contributed by atoms with Gasteiger partial charge in [-0.3, -0.25) is 33.6 Å². The van der Waals surface area contributed by atoms with Crippen LogP contribution in [0.15, 0.2) is 0 Å². The quantitative estimate of drug-likeness (QED) is 0.0604. The first-order valence-corrected chi connectivity index (χ1v) is 13.5. The summed E-state index contributed by atoms with van der Waals surface area (Å²) in [5, 5.41) is 12.4. The summed E-state index contributed by atoms with van der Waals surface area (Å²) < 4.78 is 0. The molecule has 0 aliphatic rings. The fourth-order valence-corrected chi connectivity index (χ4v) is 4.03. The van der Waals surface area contributed by atoms with Crippen LogP contribution in [0.5, 0.6) is 0 Å². The molecule has 0 aliphatic heterocycles. The Morgan fingerprint density at radius 3 is 1.87 bits per heavy atom. The first-order valence-electron chi connectivity index (χ1n) is 12.4. The van der Waals surface area contributed by atoms with E-state index in [0.29, 0.717) is 0 Å². The summed E-state index contributed by atoms with van der Waals surface area (Å²) in [6.07, 6.45) is -0.165. The van der Waals surface area contributed by atoms with E-state index < -0.39 is 72.6 Å². The van der Waals surface area contributed by atoms with Gasteiger partial charge >= 0.3 is 0 Å². The van der Waals surface area contributed by atoms with E-state index in [-0.39, 0.29) is 35.8 Å². The third kappa shape index (κ3) is 15.6. The predicted octanol–water partition coefficient (Wildman–Crippen LogP) is -3.23. The summed E-state index contributed by atoms with van der Waals surface area (Å²) in [5.41, 5.74) is 16.1. The van der Waals surface area contributed by atoms with Crippen molar-refractivity contribution in [1.29, 1.82) is 0 Å². The minimum Gasteiger partial charge on any atom is -0.370 e. The normalized spacial score (nSPS) is 13.9. The lowest BCUT2D eigenvalue weighted by Gasteiger charge is -2.25. The van der Waals surface area contributed by atoms with E-state index in [9.17, 15) is 33.6 Å². The van der Waals surface area contributed by atoms with Crippen molar-refractivity contribution >= 4 is 53.1 Å². The van der Waals surface area contributed by atoms with Crippen LogP contribution in [0.2, 0.25) is 0 Å². The van der Waals surface area contributed by atoms with Crippen LogP contribution in [-0.4, -0.2) is 83.7 Å². The van der Waals surface area contributed by atoms with E-state index in [1.54, 1.807) is 13.8 Å². The molecule has 0 aliphatic carbocycles. The van der Waals surface area contributed by atoms with Crippen LogP contribution in [0, 0.1) is 11.8 Å². The van der Waals surface area contributed by atoms with Gasteiger partial charge in [0.05, 0.1) is 24.9 Å². The second-order valence-electron chi connectivity index (χ2n) is 9.69. The Labute approximate surface area is 232 Å². The fourth-order valence-electron chi connectivity index (χ4n) is 3.13. The molecule has 0 fully saturated rings. The van der Waals surface area contributed by atoms with Gasteiger partial charge in [-0.1, -0.05) is 27.7 Å². The van der Waals surface area contributed by atoms with Gasteiger partial charge in [0.25, 0.3) is 0 Å². The number of nitrogens with one attached hydrogen (secondary N) is 5. The molecule has 16 heteroatoms. The molecule has 0 saturated heterocycles. The van der Waals surface area contributed by atoms with Gasteiger partial charge in [-0.2, -0.15) is 0 Å². The van der Waals surface area contributed by atoms with Gasteiger partial charge in [0.1, 0.15) is 18.1 Å². The molecule has 0 radical (unpaired) electrons. The molecule has 39 heavy (non-hydrogen) atoms. The maximum Gasteiger partial charge on any atom is 0.243 e. The van der Waals surface area contributed by atoms with E-state index in [2.05, 4.69) is 26.6 Å². The lowest BCUT2D eigenvalue weighted by Crippen LogP contribution is -2.57. The summed E-state index contributed by atoms with van der Waals surface area (Å²) in [5.74, 6) is -4.62. The minimum atomic E-state index is -1.23. The molecule has 0 aromatic carbocycles. The molecule has 4 atom stereocenters. The van der Waals surface area contributed by atoms with Crippen molar-refractivity contribution in [1.82, 2.24) is 26.6 Å². The third-order valence-electron chi connectivity index (χ3n) is 5.15. The Bertz CT molecular complexity index is 900. The molecule has 4 unspecified atom stereocenters. The van der Waals surface area contributed by atoms with Gasteiger partial charge in [-0.15, -0.1) is 11.8 Å². The van der Waals surface area contributed by atoms with Gasteiger partial charge in [-0.25, -0.2) is 0 Å². The highest BCUT2D eigenvalue weighted by Gasteiger charge is 2.29. The molecular weight excluding hydrogens is 532 g/mol. The van der Waals surface area contributed by atoms with Crippen molar-refractivity contribution < 1.29 is 33.6 Å². The predicted molar refractivity (Wildman–Crippen MR) is 145 cm³/mol. The lowest BCUT2D eigenvalue weighted by atomic mass is 10.0. The maximum absolute atomic E-state index is 12.8. The van der Waals surface area contributed by atoms with E-state index in [0.717, 1.165) is 0 Å². The topological polar surface area (TPSA) is 258 Å². The minimum absolute atomic E-state index is 0.00846. The largest absolute Gasteiger partial charge is 0.370 e. The summed E-state index contributed by atoms with van der Waals surface area (Å²) in [4.78, 5) is 84.1. The zero-order valence-corrected chi connectivity index (χ0v) is 23.8. The molecule has 0 heterocycles. The summed E-state index contributed by atoms with van der Waals surface area (Å²) >= 11 is 1.18. The molecule has 7 amide bonds. The van der Waals surface area contributed by atoms with E-state index in [1.807, 2.05) is 13.8 Å². The van der Waals surface area contributed by atoms with Crippen molar-refractivity contribution in [3.05, 3.63) is 0 Å². The average Bonchev–Trinajstić information content (AvgIpc) is 2.80. The second-order valence-corrected chi connectivity index (χ2v) is 10.7. The summed E-state index contributed by atoms with van der Waals surface area (Å²) in [7, 11) is 0. The van der Waals surface area contributed by atoms with Crippen molar-refractivity contribution in [3.63, 3.8) is 0 Å². The Balaban J connectivity index is 5.11. The Morgan fingerprint density at radius 1 is 0.795 bits per heavy atom. The zero-order valence-electron chi connectivity index (χ0n) is 23.0.